The molecule has 0 spiro atoms. The molecule has 1 aliphatic rings. The highest BCUT2D eigenvalue weighted by Crippen LogP contribution is 2.22. The van der Waals surface area contributed by atoms with Gasteiger partial charge in [0, 0.05) is 6.92 Å². The molecule has 0 aromatic carbocycles. The summed E-state index contributed by atoms with van der Waals surface area (Å²) in [5.74, 6) is -1.26. The Balaban J connectivity index is 2.92. The minimum atomic E-state index is -1.44. The molecular weight excluding hydrogens is 258 g/mol. The highest BCUT2D eigenvalue weighted by atomic mass is 16.6. The summed E-state index contributed by atoms with van der Waals surface area (Å²) in [6.45, 7) is 2.34. The first-order valence-electron chi connectivity index (χ1n) is 5.98. The van der Waals surface area contributed by atoms with E-state index in [-0.39, 0.29) is 6.61 Å². The second-order valence-corrected chi connectivity index (χ2v) is 4.24. The fourth-order valence-corrected chi connectivity index (χ4v) is 1.94. The van der Waals surface area contributed by atoms with Crippen molar-refractivity contribution in [1.29, 1.82) is 0 Å². The number of amides is 1. The van der Waals surface area contributed by atoms with Crippen molar-refractivity contribution < 1.29 is 34.4 Å². The molecule has 1 fully saturated rings. The summed E-state index contributed by atoms with van der Waals surface area (Å²) < 4.78 is 9.98. The molecule has 1 aliphatic heterocycles. The van der Waals surface area contributed by atoms with Crippen LogP contribution in [0.25, 0.3) is 0 Å². The number of ether oxygens (including phenoxy) is 2. The van der Waals surface area contributed by atoms with Crippen LogP contribution in [-0.4, -0.2) is 70.9 Å². The maximum absolute atomic E-state index is 11.7. The lowest BCUT2D eigenvalue weighted by atomic mass is 9.92. The van der Waals surface area contributed by atoms with Crippen LogP contribution in [0.15, 0.2) is 0 Å². The molecule has 5 atom stereocenters. The van der Waals surface area contributed by atoms with Crippen LogP contribution in [0.2, 0.25) is 0 Å². The summed E-state index contributed by atoms with van der Waals surface area (Å²) >= 11 is 0. The molecule has 1 saturated heterocycles. The number of aliphatic hydroxyl groups excluding tert-OH is 3. The highest BCUT2D eigenvalue weighted by molar-refractivity contribution is 5.79. The molecule has 110 valence electrons. The summed E-state index contributed by atoms with van der Waals surface area (Å²) in [7, 11) is 0. The number of hydrogen-bond acceptors (Lipinski definition) is 7. The van der Waals surface area contributed by atoms with Crippen LogP contribution in [0.4, 0.5) is 0 Å². The second kappa shape index (κ2) is 6.80. The Bertz CT molecular complexity index is 335. The quantitative estimate of drug-likeness (QED) is 0.420. The predicted molar refractivity (Wildman–Crippen MR) is 62.0 cm³/mol. The normalized spacial score (nSPS) is 34.7. The van der Waals surface area contributed by atoms with Gasteiger partial charge in [-0.3, -0.25) is 4.79 Å². The van der Waals surface area contributed by atoms with E-state index >= 15 is 0 Å². The Morgan fingerprint density at radius 3 is 2.42 bits per heavy atom. The molecule has 0 aliphatic carbocycles. The maximum atomic E-state index is 11.7. The zero-order valence-electron chi connectivity index (χ0n) is 10.8. The molecule has 0 aromatic rings. The van der Waals surface area contributed by atoms with Gasteiger partial charge in [-0.25, -0.2) is 4.79 Å². The average molecular weight is 277 g/mol. The van der Waals surface area contributed by atoms with Gasteiger partial charge < -0.3 is 30.1 Å². The third-order valence-corrected chi connectivity index (χ3v) is 2.82. The van der Waals surface area contributed by atoms with Crippen LogP contribution in [-0.2, 0) is 19.1 Å². The smallest absolute Gasteiger partial charge is 0.337 e. The maximum Gasteiger partial charge on any atom is 0.337 e. The summed E-state index contributed by atoms with van der Waals surface area (Å²) in [5.41, 5.74) is 0. The number of rotatable bonds is 4. The molecule has 0 radical (unpaired) electrons. The van der Waals surface area contributed by atoms with Crippen LogP contribution in [0.1, 0.15) is 13.8 Å². The van der Waals surface area contributed by atoms with Gasteiger partial charge in [-0.2, -0.15) is 0 Å². The van der Waals surface area contributed by atoms with E-state index in [4.69, 9.17) is 14.6 Å². The minimum Gasteiger partial charge on any atom is -0.464 e. The highest BCUT2D eigenvalue weighted by Gasteiger charge is 2.48. The first kappa shape index (κ1) is 15.8. The van der Waals surface area contributed by atoms with E-state index in [2.05, 4.69) is 5.32 Å². The largest absolute Gasteiger partial charge is 0.464 e. The van der Waals surface area contributed by atoms with Crippen molar-refractivity contribution in [1.82, 2.24) is 5.32 Å². The lowest BCUT2D eigenvalue weighted by molar-refractivity contribution is -0.209. The molecule has 8 nitrogen and oxygen atoms in total. The fraction of sp³-hybridized carbons (Fsp3) is 0.818. The van der Waals surface area contributed by atoms with E-state index in [0.717, 1.165) is 0 Å². The minimum absolute atomic E-state index is 0.105. The molecule has 0 aromatic heterocycles. The number of hydrogen-bond donors (Lipinski definition) is 4. The van der Waals surface area contributed by atoms with Crippen molar-refractivity contribution in [2.45, 2.75) is 44.3 Å². The Kier molecular flexibility index (Phi) is 5.67. The molecule has 5 unspecified atom stereocenters. The Morgan fingerprint density at radius 1 is 1.32 bits per heavy atom. The fourth-order valence-electron chi connectivity index (χ4n) is 1.94. The number of aliphatic hydroxyl groups is 3. The first-order chi connectivity index (χ1) is 8.92. The van der Waals surface area contributed by atoms with E-state index < -0.39 is 48.9 Å². The molecule has 4 N–H and O–H groups in total. The monoisotopic (exact) mass is 277 g/mol. The van der Waals surface area contributed by atoms with Gasteiger partial charge >= 0.3 is 5.97 Å². The molecule has 19 heavy (non-hydrogen) atoms. The van der Waals surface area contributed by atoms with Gasteiger partial charge in [-0.05, 0) is 6.92 Å². The molecule has 8 heteroatoms. The lowest BCUT2D eigenvalue weighted by Gasteiger charge is -2.41. The van der Waals surface area contributed by atoms with E-state index in [9.17, 15) is 19.8 Å². The summed E-state index contributed by atoms with van der Waals surface area (Å²) in [6.07, 6.45) is -5.24. The van der Waals surface area contributed by atoms with Gasteiger partial charge in [0.1, 0.15) is 18.3 Å². The third-order valence-electron chi connectivity index (χ3n) is 2.82. The molecule has 1 amide bonds. The van der Waals surface area contributed by atoms with Gasteiger partial charge in [-0.1, -0.05) is 0 Å². The predicted octanol–water partition coefficient (Wildman–Crippen LogP) is -2.46. The van der Waals surface area contributed by atoms with Crippen LogP contribution in [0.3, 0.4) is 0 Å². The Labute approximate surface area is 110 Å². The number of carbonyl (C=O) groups excluding carboxylic acids is 2. The van der Waals surface area contributed by atoms with Crippen molar-refractivity contribution in [2.24, 2.45) is 0 Å². The SMILES string of the molecule is CCOC(=O)C1OC(CO)C(O)C(O)C1NC(C)=O. The average Bonchev–Trinajstić information content (AvgIpc) is 2.35. The first-order valence-corrected chi connectivity index (χ1v) is 5.98. The third kappa shape index (κ3) is 3.63. The molecule has 1 rings (SSSR count). The van der Waals surface area contributed by atoms with Crippen molar-refractivity contribution in [3.8, 4) is 0 Å². The van der Waals surface area contributed by atoms with Crippen molar-refractivity contribution in [3.05, 3.63) is 0 Å². The topological polar surface area (TPSA) is 125 Å². The van der Waals surface area contributed by atoms with Crippen molar-refractivity contribution >= 4 is 11.9 Å². The standard InChI is InChI=1S/C11H19NO7/c1-3-18-11(17)10-7(12-5(2)14)9(16)8(15)6(4-13)19-10/h6-10,13,15-16H,3-4H2,1-2H3,(H,12,14). The molecule has 0 bridgehead atoms. The zero-order chi connectivity index (χ0) is 14.6. The lowest BCUT2D eigenvalue weighted by Crippen LogP contribution is -2.66. The van der Waals surface area contributed by atoms with Gasteiger partial charge in [0.25, 0.3) is 0 Å². The number of nitrogens with one attached hydrogen (secondary N) is 1. The summed E-state index contributed by atoms with van der Waals surface area (Å²) in [5, 5.41) is 31.0. The van der Waals surface area contributed by atoms with Gasteiger partial charge in [0.15, 0.2) is 6.10 Å². The van der Waals surface area contributed by atoms with E-state index in [0.29, 0.717) is 0 Å². The second-order valence-electron chi connectivity index (χ2n) is 4.24. The number of esters is 1. The van der Waals surface area contributed by atoms with Crippen LogP contribution in [0.5, 0.6) is 0 Å². The van der Waals surface area contributed by atoms with Crippen LogP contribution < -0.4 is 5.32 Å². The molecule has 1 heterocycles. The van der Waals surface area contributed by atoms with Crippen molar-refractivity contribution in [3.63, 3.8) is 0 Å². The van der Waals surface area contributed by atoms with E-state index in [1.807, 2.05) is 0 Å². The Morgan fingerprint density at radius 2 is 1.95 bits per heavy atom. The van der Waals surface area contributed by atoms with Crippen LogP contribution in [0, 0.1) is 0 Å². The Hall–Kier alpha value is -1.22. The summed E-state index contributed by atoms with van der Waals surface area (Å²) in [4.78, 5) is 22.8. The van der Waals surface area contributed by atoms with Gasteiger partial charge in [0.05, 0.1) is 19.3 Å². The van der Waals surface area contributed by atoms with Crippen LogP contribution >= 0.6 is 0 Å². The van der Waals surface area contributed by atoms with Gasteiger partial charge in [0.2, 0.25) is 5.91 Å². The van der Waals surface area contributed by atoms with E-state index in [1.54, 1.807) is 6.92 Å². The van der Waals surface area contributed by atoms with E-state index in [1.165, 1.54) is 6.92 Å². The summed E-state index contributed by atoms with van der Waals surface area (Å²) in [6, 6.07) is -1.13. The zero-order valence-corrected chi connectivity index (χ0v) is 10.8. The molecule has 0 saturated carbocycles. The van der Waals surface area contributed by atoms with Gasteiger partial charge in [-0.15, -0.1) is 0 Å². The van der Waals surface area contributed by atoms with Crippen molar-refractivity contribution in [2.75, 3.05) is 13.2 Å². The number of carbonyl (C=O) groups is 2. The molecular formula is C11H19NO7.